The van der Waals surface area contributed by atoms with Crippen LogP contribution in [0.3, 0.4) is 0 Å². The van der Waals surface area contributed by atoms with Gasteiger partial charge in [-0.3, -0.25) is 4.79 Å². The monoisotopic (exact) mass is 286 g/mol. The molecule has 5 heteroatoms. The summed E-state index contributed by atoms with van der Waals surface area (Å²) in [6.07, 6.45) is -0.160. The second-order valence-corrected chi connectivity index (χ2v) is 5.39. The summed E-state index contributed by atoms with van der Waals surface area (Å²) in [7, 11) is 0. The minimum absolute atomic E-state index is 0.148. The Morgan fingerprint density at radius 2 is 1.75 bits per heavy atom. The van der Waals surface area contributed by atoms with Crippen molar-refractivity contribution in [3.05, 3.63) is 35.4 Å². The first kappa shape index (κ1) is 14.9. The van der Waals surface area contributed by atoms with Gasteiger partial charge in [0.2, 0.25) is 0 Å². The van der Waals surface area contributed by atoms with Gasteiger partial charge in [-0.2, -0.15) is 13.2 Å². The van der Waals surface area contributed by atoms with Crippen LogP contribution in [0.2, 0.25) is 0 Å². The summed E-state index contributed by atoms with van der Waals surface area (Å²) in [4.78, 5) is 11.3. The van der Waals surface area contributed by atoms with Crippen LogP contribution in [0.15, 0.2) is 24.3 Å². The molecule has 0 heterocycles. The largest absolute Gasteiger partial charge is 0.481 e. The lowest BCUT2D eigenvalue weighted by molar-refractivity contribution is -0.143. The van der Waals surface area contributed by atoms with Crippen molar-refractivity contribution in [1.82, 2.24) is 0 Å². The average Bonchev–Trinajstić information content (AvgIpc) is 2.88. The normalized spacial score (nSPS) is 18.1. The third-order valence-corrected chi connectivity index (χ3v) is 4.02. The van der Waals surface area contributed by atoms with E-state index in [4.69, 9.17) is 0 Å². The SMILES string of the molecule is O=C(O)C(Cc1ccc(C(F)(F)F)cc1)C1CCCC1. The molecule has 0 aromatic heterocycles. The highest BCUT2D eigenvalue weighted by atomic mass is 19.4. The average molecular weight is 286 g/mol. The van der Waals surface area contributed by atoms with Gasteiger partial charge in [-0.1, -0.05) is 25.0 Å². The number of carbonyl (C=O) groups is 1. The van der Waals surface area contributed by atoms with E-state index >= 15 is 0 Å². The molecule has 1 atom stereocenters. The summed E-state index contributed by atoms with van der Waals surface area (Å²) in [6, 6.07) is 4.80. The van der Waals surface area contributed by atoms with Gasteiger partial charge in [0.05, 0.1) is 11.5 Å². The second-order valence-electron chi connectivity index (χ2n) is 5.39. The van der Waals surface area contributed by atoms with Crippen LogP contribution < -0.4 is 0 Å². The molecule has 0 amide bonds. The lowest BCUT2D eigenvalue weighted by atomic mass is 9.85. The smallest absolute Gasteiger partial charge is 0.416 e. The van der Waals surface area contributed by atoms with Crippen LogP contribution in [0, 0.1) is 11.8 Å². The standard InChI is InChI=1S/C15H17F3O2/c16-15(17,18)12-7-5-10(6-8-12)9-13(14(19)20)11-3-1-2-4-11/h5-8,11,13H,1-4,9H2,(H,19,20). The molecule has 20 heavy (non-hydrogen) atoms. The van der Waals surface area contributed by atoms with Gasteiger partial charge in [0.15, 0.2) is 0 Å². The molecular formula is C15H17F3O2. The number of alkyl halides is 3. The number of carboxylic acids is 1. The van der Waals surface area contributed by atoms with E-state index in [-0.39, 0.29) is 5.92 Å². The van der Waals surface area contributed by atoms with E-state index in [1.165, 1.54) is 12.1 Å². The molecule has 1 aromatic carbocycles. The Balaban J connectivity index is 2.09. The maximum atomic E-state index is 12.5. The topological polar surface area (TPSA) is 37.3 Å². The Morgan fingerprint density at radius 1 is 1.20 bits per heavy atom. The Labute approximate surface area is 115 Å². The summed E-state index contributed by atoms with van der Waals surface area (Å²) in [5, 5.41) is 9.30. The van der Waals surface area contributed by atoms with Gasteiger partial charge in [-0.05, 0) is 42.9 Å². The Kier molecular flexibility index (Phi) is 4.35. The number of hydrogen-bond acceptors (Lipinski definition) is 1. The van der Waals surface area contributed by atoms with Crippen molar-refractivity contribution in [2.75, 3.05) is 0 Å². The van der Waals surface area contributed by atoms with Crippen molar-refractivity contribution in [3.8, 4) is 0 Å². The minimum Gasteiger partial charge on any atom is -0.481 e. The molecule has 1 unspecified atom stereocenters. The van der Waals surface area contributed by atoms with E-state index in [0.717, 1.165) is 37.8 Å². The van der Waals surface area contributed by atoms with Gasteiger partial charge in [0.25, 0.3) is 0 Å². The zero-order valence-corrected chi connectivity index (χ0v) is 11.0. The molecular weight excluding hydrogens is 269 g/mol. The van der Waals surface area contributed by atoms with Crippen LogP contribution >= 0.6 is 0 Å². The number of benzene rings is 1. The van der Waals surface area contributed by atoms with Crippen molar-refractivity contribution in [3.63, 3.8) is 0 Å². The summed E-state index contributed by atoms with van der Waals surface area (Å²) < 4.78 is 37.4. The maximum Gasteiger partial charge on any atom is 0.416 e. The van der Waals surface area contributed by atoms with E-state index in [9.17, 15) is 23.1 Å². The molecule has 1 aliphatic rings. The lowest BCUT2D eigenvalue weighted by Gasteiger charge is -2.19. The highest BCUT2D eigenvalue weighted by molar-refractivity contribution is 5.70. The molecule has 0 aliphatic heterocycles. The highest BCUT2D eigenvalue weighted by Gasteiger charge is 2.32. The Bertz CT molecular complexity index is 459. The Morgan fingerprint density at radius 3 is 2.20 bits per heavy atom. The fourth-order valence-corrected chi connectivity index (χ4v) is 2.90. The van der Waals surface area contributed by atoms with E-state index < -0.39 is 23.6 Å². The quantitative estimate of drug-likeness (QED) is 0.903. The van der Waals surface area contributed by atoms with Gasteiger partial charge < -0.3 is 5.11 Å². The fourth-order valence-electron chi connectivity index (χ4n) is 2.90. The number of hydrogen-bond donors (Lipinski definition) is 1. The zero-order valence-electron chi connectivity index (χ0n) is 11.0. The molecule has 0 radical (unpaired) electrons. The van der Waals surface area contributed by atoms with Crippen LogP contribution in [0.5, 0.6) is 0 Å². The molecule has 1 aromatic rings. The first-order chi connectivity index (χ1) is 9.38. The fraction of sp³-hybridized carbons (Fsp3) is 0.533. The van der Waals surface area contributed by atoms with Gasteiger partial charge in [0.1, 0.15) is 0 Å². The lowest BCUT2D eigenvalue weighted by Crippen LogP contribution is -2.24. The van der Waals surface area contributed by atoms with E-state index in [1.807, 2.05) is 0 Å². The second kappa shape index (κ2) is 5.85. The van der Waals surface area contributed by atoms with Crippen LogP contribution in [-0.2, 0) is 17.4 Å². The first-order valence-corrected chi connectivity index (χ1v) is 6.77. The van der Waals surface area contributed by atoms with Crippen molar-refractivity contribution in [2.24, 2.45) is 11.8 Å². The summed E-state index contributed by atoms with van der Waals surface area (Å²) >= 11 is 0. The molecule has 1 aliphatic carbocycles. The molecule has 2 nitrogen and oxygen atoms in total. The first-order valence-electron chi connectivity index (χ1n) is 6.77. The Hall–Kier alpha value is -1.52. The van der Waals surface area contributed by atoms with Crippen LogP contribution in [0.1, 0.15) is 36.8 Å². The molecule has 110 valence electrons. The molecule has 0 saturated heterocycles. The van der Waals surface area contributed by atoms with Crippen LogP contribution in [0.4, 0.5) is 13.2 Å². The van der Waals surface area contributed by atoms with E-state index in [1.54, 1.807) is 0 Å². The molecule has 0 bridgehead atoms. The summed E-state index contributed by atoms with van der Waals surface area (Å²) in [6.45, 7) is 0. The van der Waals surface area contributed by atoms with Crippen LogP contribution in [-0.4, -0.2) is 11.1 Å². The molecule has 2 rings (SSSR count). The third-order valence-electron chi connectivity index (χ3n) is 4.02. The number of halogens is 3. The molecule has 1 fully saturated rings. The number of aliphatic carboxylic acids is 1. The molecule has 0 spiro atoms. The maximum absolute atomic E-state index is 12.5. The number of rotatable bonds is 4. The zero-order chi connectivity index (χ0) is 14.8. The molecule has 1 N–H and O–H groups in total. The predicted molar refractivity (Wildman–Crippen MR) is 68.2 cm³/mol. The van der Waals surface area contributed by atoms with E-state index in [2.05, 4.69) is 0 Å². The molecule has 1 saturated carbocycles. The van der Waals surface area contributed by atoms with Gasteiger partial charge in [0, 0.05) is 0 Å². The summed E-state index contributed by atoms with van der Waals surface area (Å²) in [5.74, 6) is -1.19. The van der Waals surface area contributed by atoms with E-state index in [0.29, 0.717) is 12.0 Å². The third kappa shape index (κ3) is 3.52. The highest BCUT2D eigenvalue weighted by Crippen LogP contribution is 2.34. The van der Waals surface area contributed by atoms with Crippen molar-refractivity contribution >= 4 is 5.97 Å². The van der Waals surface area contributed by atoms with Gasteiger partial charge in [-0.25, -0.2) is 0 Å². The van der Waals surface area contributed by atoms with Crippen molar-refractivity contribution in [2.45, 2.75) is 38.3 Å². The van der Waals surface area contributed by atoms with Crippen LogP contribution in [0.25, 0.3) is 0 Å². The van der Waals surface area contributed by atoms with Crippen molar-refractivity contribution < 1.29 is 23.1 Å². The van der Waals surface area contributed by atoms with Gasteiger partial charge in [-0.15, -0.1) is 0 Å². The number of carboxylic acid groups (broad SMARTS) is 1. The van der Waals surface area contributed by atoms with Gasteiger partial charge >= 0.3 is 12.1 Å². The minimum atomic E-state index is -4.35. The predicted octanol–water partition coefficient (Wildman–Crippen LogP) is 4.14. The van der Waals surface area contributed by atoms with Crippen molar-refractivity contribution in [1.29, 1.82) is 0 Å². The summed E-state index contributed by atoms with van der Waals surface area (Å²) in [5.41, 5.74) is -0.0497.